The van der Waals surface area contributed by atoms with Gasteiger partial charge in [-0.1, -0.05) is 19.9 Å². The van der Waals surface area contributed by atoms with Crippen LogP contribution in [0.4, 0.5) is 0 Å². The monoisotopic (exact) mass is 341 g/mol. The summed E-state index contributed by atoms with van der Waals surface area (Å²) in [5.41, 5.74) is -0.00747. The number of unbranched alkanes of at least 4 members (excludes halogenated alkanes) is 3. The summed E-state index contributed by atoms with van der Waals surface area (Å²) < 4.78 is 0.792. The van der Waals surface area contributed by atoms with E-state index in [1.165, 1.54) is 0 Å². The van der Waals surface area contributed by atoms with Gasteiger partial charge in [0.05, 0.1) is 27.2 Å². The minimum atomic E-state index is -1.08. The molecule has 1 atom stereocenters. The zero-order valence-corrected chi connectivity index (χ0v) is 15.5. The molecular weight excluding hydrogens is 308 g/mol. The molecule has 6 heteroatoms. The van der Waals surface area contributed by atoms with Crippen molar-refractivity contribution >= 4 is 11.9 Å². The van der Waals surface area contributed by atoms with E-state index in [-0.39, 0.29) is 29.5 Å². The fourth-order valence-electron chi connectivity index (χ4n) is 2.82. The van der Waals surface area contributed by atoms with Gasteiger partial charge in [-0.15, -0.1) is 0 Å². The molecule has 0 bridgehead atoms. The Kier molecular flexibility index (Phi) is 7.42. The largest absolute Gasteiger partial charge is 0.477 e. The predicted molar refractivity (Wildman–Crippen MR) is 93.1 cm³/mol. The van der Waals surface area contributed by atoms with Gasteiger partial charge in [-0.3, -0.25) is 4.79 Å². The topological polar surface area (TPSA) is 86.6 Å². The molecule has 0 radical (unpaired) electrons. The number of aliphatic hydroxyl groups excluding tert-OH is 1. The fourth-order valence-corrected chi connectivity index (χ4v) is 2.82. The number of carboxylic acids is 1. The van der Waals surface area contributed by atoms with Crippen LogP contribution in [0.3, 0.4) is 0 Å². The molecule has 1 aliphatic carbocycles. The number of hydrogen-bond donors (Lipinski definition) is 3. The first-order chi connectivity index (χ1) is 11.1. The van der Waals surface area contributed by atoms with Crippen molar-refractivity contribution in [2.75, 3.05) is 33.8 Å². The van der Waals surface area contributed by atoms with E-state index in [2.05, 4.69) is 19.4 Å². The van der Waals surface area contributed by atoms with Gasteiger partial charge in [0.1, 0.15) is 12.2 Å². The van der Waals surface area contributed by atoms with Crippen molar-refractivity contribution in [3.63, 3.8) is 0 Å². The van der Waals surface area contributed by atoms with Crippen molar-refractivity contribution in [2.24, 2.45) is 11.3 Å². The molecule has 1 rings (SSSR count). The Bertz CT molecular complexity index is 483. The Morgan fingerprint density at radius 1 is 1.21 bits per heavy atom. The number of carbonyl (C=O) groups is 2. The standard InChI is InChI=1S/C18H32N2O4/c1-18(2)13-14(18)16(22)19-15(17(23)24)9-7-5-6-8-10-20(3,4)11-12-21/h9,14,21H,5-8,10-13H2,1-4H3,(H-,19,22,23,24)/p+1/b15-9-. The van der Waals surface area contributed by atoms with Crippen LogP contribution in [0.5, 0.6) is 0 Å². The third-order valence-electron chi connectivity index (χ3n) is 4.84. The number of amides is 1. The zero-order valence-electron chi connectivity index (χ0n) is 15.5. The van der Waals surface area contributed by atoms with Crippen LogP contribution in [-0.2, 0) is 9.59 Å². The predicted octanol–water partition coefficient (Wildman–Crippen LogP) is 1.75. The molecule has 0 saturated heterocycles. The second-order valence-electron chi connectivity index (χ2n) is 8.11. The van der Waals surface area contributed by atoms with Crippen LogP contribution in [0.2, 0.25) is 0 Å². The average Bonchev–Trinajstić information content (AvgIpc) is 3.09. The Hall–Kier alpha value is -1.40. The Balaban J connectivity index is 2.31. The fraction of sp³-hybridized carbons (Fsp3) is 0.778. The third-order valence-corrected chi connectivity index (χ3v) is 4.84. The molecule has 3 N–H and O–H groups in total. The molecule has 1 aliphatic rings. The number of quaternary nitrogens is 1. The van der Waals surface area contributed by atoms with Crippen LogP contribution in [0.1, 0.15) is 46.0 Å². The summed E-state index contributed by atoms with van der Waals surface area (Å²) in [5.74, 6) is -1.34. The first-order valence-corrected chi connectivity index (χ1v) is 8.76. The molecule has 1 saturated carbocycles. The highest BCUT2D eigenvalue weighted by molar-refractivity contribution is 5.94. The molecule has 0 aromatic rings. The highest BCUT2D eigenvalue weighted by Gasteiger charge is 2.50. The smallest absolute Gasteiger partial charge is 0.352 e. The molecule has 138 valence electrons. The van der Waals surface area contributed by atoms with E-state index < -0.39 is 5.97 Å². The molecule has 24 heavy (non-hydrogen) atoms. The van der Waals surface area contributed by atoms with Crippen molar-refractivity contribution in [2.45, 2.75) is 46.0 Å². The lowest BCUT2D eigenvalue weighted by atomic mass is 10.1. The van der Waals surface area contributed by atoms with Crippen molar-refractivity contribution in [3.8, 4) is 0 Å². The number of carbonyl (C=O) groups excluding carboxylic acids is 1. The van der Waals surface area contributed by atoms with Crippen LogP contribution in [-0.4, -0.2) is 60.4 Å². The van der Waals surface area contributed by atoms with Crippen LogP contribution in [0, 0.1) is 11.3 Å². The van der Waals surface area contributed by atoms with Crippen LogP contribution in [0.15, 0.2) is 11.8 Å². The number of aliphatic carboxylic acids is 1. The molecule has 1 fully saturated rings. The van der Waals surface area contributed by atoms with Gasteiger partial charge in [-0.25, -0.2) is 4.79 Å². The Morgan fingerprint density at radius 2 is 1.83 bits per heavy atom. The first-order valence-electron chi connectivity index (χ1n) is 8.76. The van der Waals surface area contributed by atoms with Gasteiger partial charge in [0.25, 0.3) is 0 Å². The molecule has 1 unspecified atom stereocenters. The summed E-state index contributed by atoms with van der Waals surface area (Å²) in [7, 11) is 4.18. The Labute approximate surface area is 145 Å². The third kappa shape index (κ3) is 7.01. The van der Waals surface area contributed by atoms with E-state index in [4.69, 9.17) is 5.11 Å². The normalized spacial score (nSPS) is 19.9. The number of nitrogens with one attached hydrogen (secondary N) is 1. The summed E-state index contributed by atoms with van der Waals surface area (Å²) in [6.07, 6.45) is 5.99. The maximum Gasteiger partial charge on any atom is 0.352 e. The zero-order chi connectivity index (χ0) is 18.4. The molecule has 0 aromatic heterocycles. The van der Waals surface area contributed by atoms with Crippen molar-refractivity contribution in [1.82, 2.24) is 5.32 Å². The number of rotatable bonds is 11. The molecule has 0 aromatic carbocycles. The number of likely N-dealkylation sites (N-methyl/N-ethyl adjacent to an activating group) is 1. The van der Waals surface area contributed by atoms with E-state index >= 15 is 0 Å². The molecule has 0 aliphatic heterocycles. The second kappa shape index (κ2) is 8.62. The number of hydrogen-bond acceptors (Lipinski definition) is 3. The Morgan fingerprint density at radius 3 is 2.33 bits per heavy atom. The number of allylic oxidation sites excluding steroid dienone is 1. The summed E-state index contributed by atoms with van der Waals surface area (Å²) in [6, 6.07) is 0. The van der Waals surface area contributed by atoms with Gasteiger partial charge >= 0.3 is 5.97 Å². The average molecular weight is 341 g/mol. The summed E-state index contributed by atoms with van der Waals surface area (Å²) in [5, 5.41) is 20.8. The molecule has 0 heterocycles. The number of nitrogens with zero attached hydrogens (tertiary/aromatic N) is 1. The van der Waals surface area contributed by atoms with Gasteiger partial charge in [0, 0.05) is 5.92 Å². The highest BCUT2D eigenvalue weighted by atomic mass is 16.4. The SMILES string of the molecule is CC1(C)CC1C(=O)N/C(=C\CCCCC[N+](C)(C)CCO)C(=O)O. The lowest BCUT2D eigenvalue weighted by molar-refractivity contribution is -0.890. The number of carboxylic acid groups (broad SMARTS) is 1. The quantitative estimate of drug-likeness (QED) is 0.303. The van der Waals surface area contributed by atoms with Gasteiger partial charge in [0.2, 0.25) is 5.91 Å². The van der Waals surface area contributed by atoms with Crippen LogP contribution >= 0.6 is 0 Å². The molecule has 1 amide bonds. The maximum absolute atomic E-state index is 12.0. The summed E-state index contributed by atoms with van der Waals surface area (Å²) >= 11 is 0. The number of aliphatic hydroxyl groups is 1. The van der Waals surface area contributed by atoms with Crippen LogP contribution < -0.4 is 5.32 Å². The second-order valence-corrected chi connectivity index (χ2v) is 8.11. The van der Waals surface area contributed by atoms with E-state index in [0.29, 0.717) is 6.42 Å². The molecule has 0 spiro atoms. The molecule has 6 nitrogen and oxygen atoms in total. The van der Waals surface area contributed by atoms with E-state index in [9.17, 15) is 14.7 Å². The molecular formula is C18H33N2O4+. The minimum Gasteiger partial charge on any atom is -0.477 e. The first kappa shape index (κ1) is 20.6. The van der Waals surface area contributed by atoms with E-state index in [1.807, 2.05) is 13.8 Å². The van der Waals surface area contributed by atoms with Gasteiger partial charge < -0.3 is 20.0 Å². The van der Waals surface area contributed by atoms with E-state index in [1.54, 1.807) is 6.08 Å². The minimum absolute atomic E-state index is 0.000841. The van der Waals surface area contributed by atoms with Crippen molar-refractivity contribution in [1.29, 1.82) is 0 Å². The van der Waals surface area contributed by atoms with Gasteiger partial charge in [-0.2, -0.15) is 0 Å². The van der Waals surface area contributed by atoms with Crippen molar-refractivity contribution < 1.29 is 24.3 Å². The lowest BCUT2D eigenvalue weighted by Gasteiger charge is -2.28. The summed E-state index contributed by atoms with van der Waals surface area (Å²) in [4.78, 5) is 23.3. The van der Waals surface area contributed by atoms with Gasteiger partial charge in [0.15, 0.2) is 0 Å². The van der Waals surface area contributed by atoms with E-state index in [0.717, 1.165) is 43.3 Å². The summed E-state index contributed by atoms with van der Waals surface area (Å²) in [6.45, 7) is 5.95. The van der Waals surface area contributed by atoms with Gasteiger partial charge in [-0.05, 0) is 37.5 Å². The van der Waals surface area contributed by atoms with Crippen molar-refractivity contribution in [3.05, 3.63) is 11.8 Å². The maximum atomic E-state index is 12.0. The highest BCUT2D eigenvalue weighted by Crippen LogP contribution is 2.51. The lowest BCUT2D eigenvalue weighted by Crippen LogP contribution is -2.42. The van der Waals surface area contributed by atoms with Crippen LogP contribution in [0.25, 0.3) is 0 Å².